The Bertz CT molecular complexity index is 629. The van der Waals surface area contributed by atoms with Gasteiger partial charge in [-0.3, -0.25) is 9.79 Å². The number of hydrogen-bond acceptors (Lipinski definition) is 3. The smallest absolute Gasteiger partial charge is 0.220 e. The molecule has 7 heteroatoms. The van der Waals surface area contributed by atoms with Gasteiger partial charge in [0.1, 0.15) is 5.75 Å². The van der Waals surface area contributed by atoms with Crippen molar-refractivity contribution in [1.29, 1.82) is 0 Å². The van der Waals surface area contributed by atoms with E-state index in [9.17, 15) is 4.79 Å². The molecule has 0 spiro atoms. The predicted molar refractivity (Wildman–Crippen MR) is 135 cm³/mol. The van der Waals surface area contributed by atoms with Crippen molar-refractivity contribution in [2.75, 3.05) is 39.8 Å². The number of nitrogens with zero attached hydrogens (tertiary/aromatic N) is 2. The summed E-state index contributed by atoms with van der Waals surface area (Å²) in [5.74, 6) is 2.56. The van der Waals surface area contributed by atoms with Crippen molar-refractivity contribution < 1.29 is 9.53 Å². The number of unbranched alkanes of at least 4 members (excludes halogenated alkanes) is 1. The molecule has 0 bridgehead atoms. The second kappa shape index (κ2) is 15.3. The molecular weight excluding hydrogens is 491 g/mol. The van der Waals surface area contributed by atoms with Gasteiger partial charge in [-0.1, -0.05) is 25.5 Å². The van der Waals surface area contributed by atoms with Crippen LogP contribution in [0.4, 0.5) is 0 Å². The first-order valence-electron chi connectivity index (χ1n) is 11.1. The van der Waals surface area contributed by atoms with Crippen LogP contribution < -0.4 is 15.4 Å². The maximum atomic E-state index is 11.6. The molecule has 1 amide bonds. The fourth-order valence-electron chi connectivity index (χ4n) is 3.52. The van der Waals surface area contributed by atoms with Crippen LogP contribution in [0.25, 0.3) is 0 Å². The molecule has 2 rings (SSSR count). The van der Waals surface area contributed by atoms with Crippen molar-refractivity contribution in [3.05, 3.63) is 29.8 Å². The fourth-order valence-corrected chi connectivity index (χ4v) is 3.52. The Morgan fingerprint density at radius 3 is 2.50 bits per heavy atom. The van der Waals surface area contributed by atoms with E-state index in [0.29, 0.717) is 12.3 Å². The van der Waals surface area contributed by atoms with Crippen LogP contribution in [0.2, 0.25) is 0 Å². The molecule has 0 radical (unpaired) electrons. The molecular formula is C23H39IN4O2. The Balaban J connectivity index is 0.00000450. The van der Waals surface area contributed by atoms with Crippen LogP contribution >= 0.6 is 24.0 Å². The van der Waals surface area contributed by atoms with Gasteiger partial charge in [-0.25, -0.2) is 0 Å². The number of carbonyl (C=O) groups excluding carboxylic acids is 1. The van der Waals surface area contributed by atoms with Crippen molar-refractivity contribution in [3.63, 3.8) is 0 Å². The predicted octanol–water partition coefficient (Wildman–Crippen LogP) is 3.84. The van der Waals surface area contributed by atoms with Crippen LogP contribution in [0.5, 0.6) is 5.75 Å². The van der Waals surface area contributed by atoms with Gasteiger partial charge >= 0.3 is 0 Å². The lowest BCUT2D eigenvalue weighted by atomic mass is 9.93. The van der Waals surface area contributed by atoms with Gasteiger partial charge in [0.15, 0.2) is 5.96 Å². The van der Waals surface area contributed by atoms with Gasteiger partial charge in [-0.2, -0.15) is 0 Å². The number of halogens is 1. The van der Waals surface area contributed by atoms with Gasteiger partial charge in [-0.05, 0) is 56.2 Å². The Labute approximate surface area is 199 Å². The molecule has 1 aromatic rings. The van der Waals surface area contributed by atoms with Crippen LogP contribution in [-0.2, 0) is 11.2 Å². The minimum absolute atomic E-state index is 0. The monoisotopic (exact) mass is 530 g/mol. The standard InChI is InChI=1S/C23H38N4O2.HI/c1-4-6-17-29-21-9-7-19(8-10-21)11-14-26-23(25-5-2)27-15-12-20(13-16-27)18-22(28)24-3;/h7-10,20H,4-6,11-18H2,1-3H3,(H,24,28)(H,25,26);1H. The molecule has 0 aromatic heterocycles. The highest BCUT2D eigenvalue weighted by Crippen LogP contribution is 2.20. The van der Waals surface area contributed by atoms with E-state index in [4.69, 9.17) is 9.73 Å². The summed E-state index contributed by atoms with van der Waals surface area (Å²) in [6.45, 7) is 8.59. The third kappa shape index (κ3) is 9.53. The molecule has 1 fully saturated rings. The largest absolute Gasteiger partial charge is 0.494 e. The summed E-state index contributed by atoms with van der Waals surface area (Å²) in [6, 6.07) is 8.37. The van der Waals surface area contributed by atoms with E-state index in [2.05, 4.69) is 53.6 Å². The van der Waals surface area contributed by atoms with Gasteiger partial charge in [0, 0.05) is 39.6 Å². The molecule has 1 saturated heterocycles. The lowest BCUT2D eigenvalue weighted by Crippen LogP contribution is -2.46. The number of aliphatic imine (C=N–C) groups is 1. The number of likely N-dealkylation sites (tertiary alicyclic amines) is 1. The zero-order valence-corrected chi connectivity index (χ0v) is 21.1. The molecule has 30 heavy (non-hydrogen) atoms. The quantitative estimate of drug-likeness (QED) is 0.209. The van der Waals surface area contributed by atoms with Gasteiger partial charge < -0.3 is 20.3 Å². The molecule has 1 aliphatic heterocycles. The highest BCUT2D eigenvalue weighted by molar-refractivity contribution is 14.0. The lowest BCUT2D eigenvalue weighted by molar-refractivity contribution is -0.121. The van der Waals surface area contributed by atoms with E-state index in [1.165, 1.54) is 5.56 Å². The average Bonchev–Trinajstić information content (AvgIpc) is 2.75. The number of hydrogen-bond donors (Lipinski definition) is 2. The van der Waals surface area contributed by atoms with E-state index < -0.39 is 0 Å². The molecule has 0 saturated carbocycles. The first kappa shape index (κ1) is 26.5. The SMILES string of the molecule is CCCCOc1ccc(CCN=C(NCC)N2CCC(CC(=O)NC)CC2)cc1.I. The number of carbonyl (C=O) groups is 1. The minimum atomic E-state index is 0. The summed E-state index contributed by atoms with van der Waals surface area (Å²) in [7, 11) is 1.71. The van der Waals surface area contributed by atoms with Gasteiger partial charge in [0.25, 0.3) is 0 Å². The van der Waals surface area contributed by atoms with Crippen molar-refractivity contribution in [2.24, 2.45) is 10.9 Å². The van der Waals surface area contributed by atoms with Crippen LogP contribution in [0.15, 0.2) is 29.3 Å². The van der Waals surface area contributed by atoms with E-state index in [0.717, 1.165) is 76.6 Å². The second-order valence-electron chi connectivity index (χ2n) is 7.64. The first-order chi connectivity index (χ1) is 14.2. The van der Waals surface area contributed by atoms with Gasteiger partial charge in [0.2, 0.25) is 5.91 Å². The number of guanidine groups is 1. The average molecular weight is 530 g/mol. The van der Waals surface area contributed by atoms with Crippen LogP contribution in [0.3, 0.4) is 0 Å². The Kier molecular flexibility index (Phi) is 13.5. The summed E-state index contributed by atoms with van der Waals surface area (Å²) < 4.78 is 5.73. The number of piperidine rings is 1. The minimum Gasteiger partial charge on any atom is -0.494 e. The zero-order valence-electron chi connectivity index (χ0n) is 18.8. The molecule has 0 atom stereocenters. The van der Waals surface area contributed by atoms with Crippen molar-refractivity contribution >= 4 is 35.8 Å². The summed E-state index contributed by atoms with van der Waals surface area (Å²) in [4.78, 5) is 18.8. The maximum Gasteiger partial charge on any atom is 0.220 e. The number of ether oxygens (including phenoxy) is 1. The molecule has 170 valence electrons. The molecule has 0 aliphatic carbocycles. The van der Waals surface area contributed by atoms with Crippen LogP contribution in [-0.4, -0.2) is 56.6 Å². The topological polar surface area (TPSA) is 66.0 Å². The maximum absolute atomic E-state index is 11.6. The Morgan fingerprint density at radius 2 is 1.90 bits per heavy atom. The number of rotatable bonds is 10. The van der Waals surface area contributed by atoms with Gasteiger partial charge in [-0.15, -0.1) is 24.0 Å². The Morgan fingerprint density at radius 1 is 1.20 bits per heavy atom. The summed E-state index contributed by atoms with van der Waals surface area (Å²) in [5.41, 5.74) is 1.27. The lowest BCUT2D eigenvalue weighted by Gasteiger charge is -2.34. The summed E-state index contributed by atoms with van der Waals surface area (Å²) in [6.07, 6.45) is 5.87. The van der Waals surface area contributed by atoms with Crippen molar-refractivity contribution in [3.8, 4) is 5.75 Å². The molecule has 1 aliphatic rings. The third-order valence-corrected chi connectivity index (χ3v) is 5.35. The van der Waals surface area contributed by atoms with Crippen LogP contribution in [0, 0.1) is 5.92 Å². The first-order valence-corrected chi connectivity index (χ1v) is 11.1. The van der Waals surface area contributed by atoms with Crippen molar-refractivity contribution in [1.82, 2.24) is 15.5 Å². The Hall–Kier alpha value is -1.51. The highest BCUT2D eigenvalue weighted by atomic mass is 127. The molecule has 1 heterocycles. The van der Waals surface area contributed by atoms with E-state index >= 15 is 0 Å². The number of benzene rings is 1. The van der Waals surface area contributed by atoms with E-state index in [1.54, 1.807) is 7.05 Å². The van der Waals surface area contributed by atoms with Crippen LogP contribution in [0.1, 0.15) is 51.5 Å². The normalized spacial score (nSPS) is 14.8. The molecule has 6 nitrogen and oxygen atoms in total. The zero-order chi connectivity index (χ0) is 20.9. The van der Waals surface area contributed by atoms with Gasteiger partial charge in [0.05, 0.1) is 6.61 Å². The summed E-state index contributed by atoms with van der Waals surface area (Å²) >= 11 is 0. The third-order valence-electron chi connectivity index (χ3n) is 5.35. The summed E-state index contributed by atoms with van der Waals surface area (Å²) in [5, 5.41) is 6.15. The highest BCUT2D eigenvalue weighted by Gasteiger charge is 2.22. The van der Waals surface area contributed by atoms with Crippen molar-refractivity contribution in [2.45, 2.75) is 52.4 Å². The molecule has 1 aromatic carbocycles. The number of amides is 1. The second-order valence-corrected chi connectivity index (χ2v) is 7.64. The van der Waals surface area contributed by atoms with E-state index in [-0.39, 0.29) is 29.9 Å². The van der Waals surface area contributed by atoms with E-state index in [1.807, 2.05) is 0 Å². The number of nitrogens with one attached hydrogen (secondary N) is 2. The molecule has 0 unspecified atom stereocenters. The fraction of sp³-hybridized carbons (Fsp3) is 0.652. The molecule has 2 N–H and O–H groups in total.